The van der Waals surface area contributed by atoms with E-state index in [0.29, 0.717) is 5.41 Å². The van der Waals surface area contributed by atoms with Crippen LogP contribution in [-0.4, -0.2) is 71.1 Å². The van der Waals surface area contributed by atoms with Gasteiger partial charge >= 0.3 is 0 Å². The highest BCUT2D eigenvalue weighted by molar-refractivity contribution is 14.0. The van der Waals surface area contributed by atoms with Gasteiger partial charge in [-0.25, -0.2) is 0 Å². The average Bonchev–Trinajstić information content (AvgIpc) is 3.39. The van der Waals surface area contributed by atoms with E-state index in [1.807, 2.05) is 7.05 Å². The lowest BCUT2D eigenvalue weighted by molar-refractivity contribution is 0.0511. The summed E-state index contributed by atoms with van der Waals surface area (Å²) in [6.45, 7) is 6.38. The summed E-state index contributed by atoms with van der Waals surface area (Å²) in [5.41, 5.74) is 1.75. The van der Waals surface area contributed by atoms with Crippen molar-refractivity contribution >= 4 is 29.9 Å². The minimum Gasteiger partial charge on any atom is -0.497 e. The second-order valence-electron chi connectivity index (χ2n) is 8.50. The monoisotopic (exact) mass is 515 g/mol. The Morgan fingerprint density at radius 3 is 2.45 bits per heavy atom. The fraction of sp³-hybridized carbons (Fsp3) is 0.682. The number of methoxy groups -OCH3 is 1. The molecule has 3 heterocycles. The van der Waals surface area contributed by atoms with Crippen molar-refractivity contribution in [2.24, 2.45) is 10.4 Å². The van der Waals surface area contributed by atoms with Gasteiger partial charge in [-0.1, -0.05) is 12.1 Å². The molecule has 1 unspecified atom stereocenters. The molecule has 3 aliphatic heterocycles. The number of hydrogen-bond donors (Lipinski definition) is 1. The van der Waals surface area contributed by atoms with Crippen LogP contribution in [0.3, 0.4) is 0 Å². The Balaban J connectivity index is 0.00000240. The first kappa shape index (κ1) is 22.6. The molecule has 4 rings (SSSR count). The second-order valence-corrected chi connectivity index (χ2v) is 8.50. The molecule has 0 saturated carbocycles. The fourth-order valence-corrected chi connectivity index (χ4v) is 4.94. The van der Waals surface area contributed by atoms with Gasteiger partial charge in [-0.15, -0.1) is 24.0 Å². The minimum absolute atomic E-state index is 0. The third-order valence-corrected chi connectivity index (χ3v) is 6.87. The molecule has 7 heteroatoms. The van der Waals surface area contributed by atoms with Gasteiger partial charge in [-0.05, 0) is 43.4 Å². The number of nitrogens with one attached hydrogen (secondary N) is 1. The molecule has 1 N–H and O–H groups in total. The van der Waals surface area contributed by atoms with Crippen molar-refractivity contribution in [3.05, 3.63) is 29.8 Å². The summed E-state index contributed by atoms with van der Waals surface area (Å²) in [6, 6.07) is 8.53. The molecule has 0 radical (unpaired) electrons. The Hall–Kier alpha value is -1.06. The van der Waals surface area contributed by atoms with Crippen LogP contribution in [-0.2, 0) is 14.9 Å². The van der Waals surface area contributed by atoms with Crippen molar-refractivity contribution in [3.63, 3.8) is 0 Å². The number of likely N-dealkylation sites (tertiary alicyclic amines) is 1. The largest absolute Gasteiger partial charge is 0.497 e. The van der Waals surface area contributed by atoms with Gasteiger partial charge in [0.25, 0.3) is 0 Å². The molecular formula is C22H34IN3O3. The third-order valence-electron chi connectivity index (χ3n) is 6.87. The lowest BCUT2D eigenvalue weighted by Gasteiger charge is -2.39. The molecule has 3 aliphatic rings. The molecule has 1 aromatic rings. The average molecular weight is 515 g/mol. The Bertz CT molecular complexity index is 683. The maximum atomic E-state index is 5.68. The molecule has 0 amide bonds. The topological polar surface area (TPSA) is 55.3 Å². The summed E-state index contributed by atoms with van der Waals surface area (Å²) in [5, 5.41) is 3.70. The van der Waals surface area contributed by atoms with Crippen LogP contribution in [0.5, 0.6) is 5.75 Å². The van der Waals surface area contributed by atoms with Crippen molar-refractivity contribution in [1.29, 1.82) is 0 Å². The zero-order valence-corrected chi connectivity index (χ0v) is 19.9. The molecule has 0 aromatic heterocycles. The van der Waals surface area contributed by atoms with Gasteiger partial charge < -0.3 is 24.4 Å². The summed E-state index contributed by atoms with van der Waals surface area (Å²) in [7, 11) is 3.60. The molecule has 3 fully saturated rings. The van der Waals surface area contributed by atoms with E-state index < -0.39 is 0 Å². The predicted molar refractivity (Wildman–Crippen MR) is 126 cm³/mol. The first-order chi connectivity index (χ1) is 13.7. The van der Waals surface area contributed by atoms with E-state index in [2.05, 4.69) is 39.5 Å². The first-order valence-corrected chi connectivity index (χ1v) is 10.4. The van der Waals surface area contributed by atoms with E-state index in [0.717, 1.165) is 70.6 Å². The van der Waals surface area contributed by atoms with Gasteiger partial charge in [0.1, 0.15) is 5.75 Å². The standard InChI is InChI=1S/C22H33N3O3.HI/c1-23-20(25-11-7-21(16-25)8-12-28-17-21)24-15-22(9-13-27-14-10-22)18-3-5-19(26-2)6-4-18;/h3-6H,7-17H2,1-2H3,(H,23,24);1H. The van der Waals surface area contributed by atoms with Crippen molar-refractivity contribution in [1.82, 2.24) is 10.2 Å². The number of halogens is 1. The third kappa shape index (κ3) is 4.82. The zero-order valence-electron chi connectivity index (χ0n) is 17.6. The number of guanidine groups is 1. The predicted octanol–water partition coefficient (Wildman–Crippen LogP) is 3.05. The van der Waals surface area contributed by atoms with Crippen LogP contribution in [0.1, 0.15) is 31.2 Å². The fourth-order valence-electron chi connectivity index (χ4n) is 4.94. The van der Waals surface area contributed by atoms with Crippen LogP contribution in [0.4, 0.5) is 0 Å². The van der Waals surface area contributed by atoms with E-state index in [-0.39, 0.29) is 29.4 Å². The summed E-state index contributed by atoms with van der Waals surface area (Å²) >= 11 is 0. The van der Waals surface area contributed by atoms with E-state index in [4.69, 9.17) is 14.2 Å². The Labute approximate surface area is 191 Å². The summed E-state index contributed by atoms with van der Waals surface area (Å²) in [4.78, 5) is 7.01. The number of hydrogen-bond acceptors (Lipinski definition) is 4. The van der Waals surface area contributed by atoms with Crippen LogP contribution in [0.25, 0.3) is 0 Å². The zero-order chi connectivity index (χ0) is 19.5. The Kier molecular flexibility index (Phi) is 7.67. The quantitative estimate of drug-likeness (QED) is 0.380. The van der Waals surface area contributed by atoms with Crippen LogP contribution in [0.15, 0.2) is 29.3 Å². The first-order valence-electron chi connectivity index (χ1n) is 10.4. The molecule has 1 aromatic carbocycles. The second kappa shape index (κ2) is 9.83. The molecule has 1 spiro atoms. The number of benzene rings is 1. The highest BCUT2D eigenvalue weighted by atomic mass is 127. The van der Waals surface area contributed by atoms with Gasteiger partial charge in [0.15, 0.2) is 5.96 Å². The van der Waals surface area contributed by atoms with Crippen molar-refractivity contribution in [2.45, 2.75) is 31.1 Å². The summed E-state index contributed by atoms with van der Waals surface area (Å²) < 4.78 is 16.7. The van der Waals surface area contributed by atoms with Crippen molar-refractivity contribution in [3.8, 4) is 5.75 Å². The minimum atomic E-state index is 0. The molecule has 0 aliphatic carbocycles. The smallest absolute Gasteiger partial charge is 0.193 e. The number of ether oxygens (including phenoxy) is 3. The van der Waals surface area contributed by atoms with Crippen LogP contribution in [0.2, 0.25) is 0 Å². The normalized spacial score (nSPS) is 26.4. The summed E-state index contributed by atoms with van der Waals surface area (Å²) in [5.74, 6) is 1.92. The van der Waals surface area contributed by atoms with E-state index >= 15 is 0 Å². The van der Waals surface area contributed by atoms with Crippen molar-refractivity contribution in [2.75, 3.05) is 60.2 Å². The van der Waals surface area contributed by atoms with Crippen LogP contribution >= 0.6 is 24.0 Å². The van der Waals surface area contributed by atoms with E-state index in [9.17, 15) is 0 Å². The molecule has 29 heavy (non-hydrogen) atoms. The maximum Gasteiger partial charge on any atom is 0.193 e. The highest BCUT2D eigenvalue weighted by Crippen LogP contribution is 2.39. The number of aliphatic imine (C=N–C) groups is 1. The Morgan fingerprint density at radius 1 is 1.10 bits per heavy atom. The van der Waals surface area contributed by atoms with Gasteiger partial charge in [0, 0.05) is 57.3 Å². The molecule has 0 bridgehead atoms. The van der Waals surface area contributed by atoms with Gasteiger partial charge in [0.05, 0.1) is 13.7 Å². The SMILES string of the molecule is CN=C(NCC1(c2ccc(OC)cc2)CCOCC1)N1CCC2(CCOC2)C1.I. The van der Waals surface area contributed by atoms with Crippen molar-refractivity contribution < 1.29 is 14.2 Å². The molecular weight excluding hydrogens is 481 g/mol. The molecule has 162 valence electrons. The summed E-state index contributed by atoms with van der Waals surface area (Å²) in [6.07, 6.45) is 4.40. The van der Waals surface area contributed by atoms with Gasteiger partial charge in [-0.2, -0.15) is 0 Å². The maximum absolute atomic E-state index is 5.68. The highest BCUT2D eigenvalue weighted by Gasteiger charge is 2.42. The van der Waals surface area contributed by atoms with E-state index in [1.165, 1.54) is 18.4 Å². The molecule has 6 nitrogen and oxygen atoms in total. The Morgan fingerprint density at radius 2 is 1.83 bits per heavy atom. The lowest BCUT2D eigenvalue weighted by atomic mass is 9.74. The van der Waals surface area contributed by atoms with Gasteiger partial charge in [-0.3, -0.25) is 4.99 Å². The molecule has 3 saturated heterocycles. The van der Waals surface area contributed by atoms with Crippen LogP contribution < -0.4 is 10.1 Å². The molecule has 1 atom stereocenters. The van der Waals surface area contributed by atoms with E-state index in [1.54, 1.807) is 7.11 Å². The number of nitrogens with zero attached hydrogens (tertiary/aromatic N) is 2. The number of rotatable bonds is 4. The lowest BCUT2D eigenvalue weighted by Crippen LogP contribution is -2.49. The van der Waals surface area contributed by atoms with Crippen LogP contribution in [0, 0.1) is 5.41 Å². The van der Waals surface area contributed by atoms with Gasteiger partial charge in [0.2, 0.25) is 0 Å².